The van der Waals surface area contributed by atoms with Crippen LogP contribution in [0.1, 0.15) is 57.5 Å². The van der Waals surface area contributed by atoms with Gasteiger partial charge in [0, 0.05) is 17.7 Å². The number of H-pyrrole nitrogens is 1. The van der Waals surface area contributed by atoms with Gasteiger partial charge in [-0.3, -0.25) is 10.1 Å². The molecule has 188 valence electrons. The summed E-state index contributed by atoms with van der Waals surface area (Å²) in [5.41, 5.74) is 2.86. The molecule has 36 heavy (non-hydrogen) atoms. The first kappa shape index (κ1) is 26.6. The zero-order valence-corrected chi connectivity index (χ0v) is 21.0. The molecule has 0 bridgehead atoms. The van der Waals surface area contributed by atoms with Gasteiger partial charge in [0.15, 0.2) is 5.13 Å². The minimum absolute atomic E-state index is 0.104. The van der Waals surface area contributed by atoms with Gasteiger partial charge in [-0.15, -0.1) is 10.2 Å². The summed E-state index contributed by atoms with van der Waals surface area (Å²) in [6.45, 7) is 5.96. The van der Waals surface area contributed by atoms with E-state index in [1.807, 2.05) is 0 Å². The van der Waals surface area contributed by atoms with Crippen LogP contribution >= 0.6 is 11.3 Å². The van der Waals surface area contributed by atoms with Crippen molar-refractivity contribution in [1.82, 2.24) is 30.9 Å². The van der Waals surface area contributed by atoms with E-state index >= 15 is 0 Å². The number of benzene rings is 2. The van der Waals surface area contributed by atoms with Gasteiger partial charge in [-0.1, -0.05) is 73.6 Å². The molecule has 4 N–H and O–H groups in total. The molecule has 0 spiro atoms. The number of carboxylic acid groups (broad SMARTS) is 1. The Kier molecular flexibility index (Phi) is 10.2. The van der Waals surface area contributed by atoms with E-state index < -0.39 is 5.97 Å². The second-order valence-electron chi connectivity index (χ2n) is 7.88. The standard InChI is InChI=1S/C13H10N6O3S.C12H19N/c1-6-9(12(21)22)23-13(14-6)15-11(20)8-4-2-7(3-5-8)10-16-18-19-17-10;1-2-3-7-10-13-11-12-8-5-4-6-9-12/h2-5H,1H3,(H,21,22)(H,14,15,20)(H,16,17,18,19);4-6,8-9,13H,2-3,7,10-11H2,1H3. The number of amides is 1. The first-order valence-corrected chi connectivity index (χ1v) is 12.4. The van der Waals surface area contributed by atoms with Crippen LogP contribution in [0.2, 0.25) is 0 Å². The van der Waals surface area contributed by atoms with Gasteiger partial charge in [0.2, 0.25) is 5.82 Å². The minimum atomic E-state index is -1.06. The maximum atomic E-state index is 12.2. The van der Waals surface area contributed by atoms with Crippen LogP contribution < -0.4 is 10.6 Å². The van der Waals surface area contributed by atoms with Gasteiger partial charge in [-0.05, 0) is 42.8 Å². The number of hydrogen-bond acceptors (Lipinski definition) is 8. The highest BCUT2D eigenvalue weighted by Crippen LogP contribution is 2.23. The normalized spacial score (nSPS) is 10.4. The number of aromatic carboxylic acids is 1. The summed E-state index contributed by atoms with van der Waals surface area (Å²) in [6.07, 6.45) is 3.93. The van der Waals surface area contributed by atoms with E-state index in [1.54, 1.807) is 31.2 Å². The number of hydrogen-bond donors (Lipinski definition) is 4. The molecule has 0 aliphatic rings. The van der Waals surface area contributed by atoms with Crippen molar-refractivity contribution in [2.75, 3.05) is 11.9 Å². The smallest absolute Gasteiger partial charge is 0.347 e. The maximum Gasteiger partial charge on any atom is 0.347 e. The first-order chi connectivity index (χ1) is 17.5. The summed E-state index contributed by atoms with van der Waals surface area (Å²) in [7, 11) is 0. The lowest BCUT2D eigenvalue weighted by Crippen LogP contribution is -2.14. The van der Waals surface area contributed by atoms with Crippen molar-refractivity contribution in [1.29, 1.82) is 0 Å². The Hall–Kier alpha value is -3.96. The Morgan fingerprint density at radius 3 is 2.42 bits per heavy atom. The number of unbranched alkanes of at least 4 members (excludes halogenated alkanes) is 2. The van der Waals surface area contributed by atoms with Crippen molar-refractivity contribution in [3.8, 4) is 11.4 Å². The quantitative estimate of drug-likeness (QED) is 0.229. The molecule has 11 heteroatoms. The number of carbonyl (C=O) groups excluding carboxylic acids is 1. The first-order valence-electron chi connectivity index (χ1n) is 11.6. The molecule has 0 atom stereocenters. The van der Waals surface area contributed by atoms with Crippen molar-refractivity contribution in [2.45, 2.75) is 39.7 Å². The molecule has 0 fully saturated rings. The predicted molar refractivity (Wildman–Crippen MR) is 139 cm³/mol. The Morgan fingerprint density at radius 1 is 1.06 bits per heavy atom. The summed E-state index contributed by atoms with van der Waals surface area (Å²) >= 11 is 0.917. The highest BCUT2D eigenvalue weighted by molar-refractivity contribution is 7.17. The van der Waals surface area contributed by atoms with E-state index in [9.17, 15) is 9.59 Å². The molecule has 4 aromatic rings. The third-order valence-electron chi connectivity index (χ3n) is 5.09. The van der Waals surface area contributed by atoms with E-state index in [1.165, 1.54) is 24.8 Å². The van der Waals surface area contributed by atoms with Gasteiger partial charge in [0.25, 0.3) is 5.91 Å². The maximum absolute atomic E-state index is 12.2. The Morgan fingerprint density at radius 2 is 1.81 bits per heavy atom. The summed E-state index contributed by atoms with van der Waals surface area (Å²) < 4.78 is 0. The minimum Gasteiger partial charge on any atom is -0.477 e. The van der Waals surface area contributed by atoms with Crippen molar-refractivity contribution in [3.63, 3.8) is 0 Å². The Bertz CT molecular complexity index is 1230. The largest absolute Gasteiger partial charge is 0.477 e. The number of nitrogens with one attached hydrogen (secondary N) is 3. The number of nitrogens with zero attached hydrogens (tertiary/aromatic N) is 4. The van der Waals surface area contributed by atoms with E-state index in [4.69, 9.17) is 5.11 Å². The van der Waals surface area contributed by atoms with Gasteiger partial charge < -0.3 is 10.4 Å². The SMILES string of the molecule is CCCCCNCc1ccccc1.Cc1nc(NC(=O)c2ccc(-c3nn[nH]n3)cc2)sc1C(=O)O. The molecule has 4 rings (SSSR count). The number of rotatable bonds is 10. The van der Waals surface area contributed by atoms with Gasteiger partial charge in [-0.2, -0.15) is 5.21 Å². The number of carbonyl (C=O) groups is 2. The van der Waals surface area contributed by atoms with E-state index in [0.29, 0.717) is 22.6 Å². The number of thiazole rings is 1. The van der Waals surface area contributed by atoms with Gasteiger partial charge in [-0.25, -0.2) is 9.78 Å². The lowest BCUT2D eigenvalue weighted by Gasteiger charge is -2.03. The highest BCUT2D eigenvalue weighted by atomic mass is 32.1. The van der Waals surface area contributed by atoms with Gasteiger partial charge in [0.05, 0.1) is 5.69 Å². The second kappa shape index (κ2) is 13.8. The van der Waals surface area contributed by atoms with Crippen molar-refractivity contribution >= 4 is 28.3 Å². The molecule has 0 saturated carbocycles. The molecule has 2 aromatic heterocycles. The van der Waals surface area contributed by atoms with Crippen molar-refractivity contribution in [3.05, 3.63) is 76.3 Å². The fraction of sp³-hybridized carbons (Fsp3) is 0.280. The van der Waals surface area contributed by atoms with E-state index in [-0.39, 0.29) is 15.9 Å². The molecular formula is C25H29N7O3S. The van der Waals surface area contributed by atoms with Crippen LogP contribution in [0.15, 0.2) is 54.6 Å². The van der Waals surface area contributed by atoms with Crippen LogP contribution in [0, 0.1) is 6.92 Å². The van der Waals surface area contributed by atoms with Crippen LogP contribution in [0.4, 0.5) is 5.13 Å². The fourth-order valence-corrected chi connectivity index (χ4v) is 4.00. The third-order valence-corrected chi connectivity index (χ3v) is 6.15. The Balaban J connectivity index is 0.000000236. The molecular weight excluding hydrogens is 478 g/mol. The summed E-state index contributed by atoms with van der Waals surface area (Å²) in [5, 5.41) is 28.8. The van der Waals surface area contributed by atoms with Crippen LogP contribution in [-0.2, 0) is 6.54 Å². The molecule has 10 nitrogen and oxygen atoms in total. The van der Waals surface area contributed by atoms with Crippen LogP contribution in [0.5, 0.6) is 0 Å². The van der Waals surface area contributed by atoms with Crippen molar-refractivity contribution < 1.29 is 14.7 Å². The monoisotopic (exact) mass is 507 g/mol. The average molecular weight is 508 g/mol. The highest BCUT2D eigenvalue weighted by Gasteiger charge is 2.16. The number of carboxylic acids is 1. The summed E-state index contributed by atoms with van der Waals surface area (Å²) in [6, 6.07) is 17.1. The molecule has 2 heterocycles. The molecule has 2 aromatic carbocycles. The van der Waals surface area contributed by atoms with E-state index in [0.717, 1.165) is 24.4 Å². The molecule has 0 radical (unpaired) electrons. The van der Waals surface area contributed by atoms with Gasteiger partial charge in [0.1, 0.15) is 4.88 Å². The zero-order chi connectivity index (χ0) is 25.8. The fourth-order valence-electron chi connectivity index (χ4n) is 3.20. The molecule has 0 saturated heterocycles. The zero-order valence-electron chi connectivity index (χ0n) is 20.2. The average Bonchev–Trinajstić information content (AvgIpc) is 3.55. The second-order valence-corrected chi connectivity index (χ2v) is 8.87. The molecule has 0 aliphatic heterocycles. The van der Waals surface area contributed by atoms with Crippen molar-refractivity contribution in [2.24, 2.45) is 0 Å². The number of tetrazole rings is 1. The predicted octanol–water partition coefficient (Wildman–Crippen LogP) is 4.55. The lowest BCUT2D eigenvalue weighted by molar-refractivity contribution is 0.0701. The summed E-state index contributed by atoms with van der Waals surface area (Å²) in [5.74, 6) is -1.01. The topological polar surface area (TPSA) is 146 Å². The van der Waals surface area contributed by atoms with Crippen LogP contribution in [0.25, 0.3) is 11.4 Å². The lowest BCUT2D eigenvalue weighted by atomic mass is 10.1. The third kappa shape index (κ3) is 8.07. The number of aromatic nitrogens is 5. The summed E-state index contributed by atoms with van der Waals surface area (Å²) in [4.78, 5) is 27.3. The van der Waals surface area contributed by atoms with Crippen LogP contribution in [-0.4, -0.2) is 49.1 Å². The molecule has 0 aliphatic carbocycles. The van der Waals surface area contributed by atoms with Gasteiger partial charge >= 0.3 is 5.97 Å². The number of aromatic amines is 1. The van der Waals surface area contributed by atoms with E-state index in [2.05, 4.69) is 73.5 Å². The number of aryl methyl sites for hydroxylation is 1. The molecule has 1 amide bonds. The number of anilines is 1. The molecule has 0 unspecified atom stereocenters. The Labute approximate surface area is 213 Å². The van der Waals surface area contributed by atoms with Crippen LogP contribution in [0.3, 0.4) is 0 Å².